The number of carbonyl (C=O) groups excluding carboxylic acids is 1. The summed E-state index contributed by atoms with van der Waals surface area (Å²) in [5, 5.41) is 3.05. The molecule has 1 fully saturated rings. The smallest absolute Gasteiger partial charge is 0.223 e. The highest BCUT2D eigenvalue weighted by Gasteiger charge is 2.43. The summed E-state index contributed by atoms with van der Waals surface area (Å²) in [5.74, 6) is 0.744. The van der Waals surface area contributed by atoms with E-state index in [1.165, 1.54) is 5.56 Å². The molecule has 1 aromatic heterocycles. The van der Waals surface area contributed by atoms with E-state index in [2.05, 4.69) is 16.4 Å². The molecular weight excluding hydrogens is 238 g/mol. The molecule has 102 valence electrons. The monoisotopic (exact) mass is 259 g/mol. The van der Waals surface area contributed by atoms with Crippen molar-refractivity contribution in [2.75, 3.05) is 6.54 Å². The van der Waals surface area contributed by atoms with Crippen molar-refractivity contribution in [3.05, 3.63) is 29.6 Å². The van der Waals surface area contributed by atoms with Crippen LogP contribution in [-0.4, -0.2) is 17.4 Å². The Morgan fingerprint density at radius 1 is 1.26 bits per heavy atom. The van der Waals surface area contributed by atoms with Crippen molar-refractivity contribution in [1.82, 2.24) is 10.3 Å². The largest absolute Gasteiger partial charge is 0.356 e. The van der Waals surface area contributed by atoms with E-state index in [1.54, 1.807) is 0 Å². The van der Waals surface area contributed by atoms with Crippen LogP contribution in [0.15, 0.2) is 18.3 Å². The molecule has 0 spiro atoms. The second-order valence-electron chi connectivity index (χ2n) is 5.71. The Kier molecular flexibility index (Phi) is 3.51. The molecule has 0 aromatic carbocycles. The van der Waals surface area contributed by atoms with E-state index in [4.69, 9.17) is 5.73 Å². The second kappa shape index (κ2) is 5.29. The van der Waals surface area contributed by atoms with E-state index in [1.807, 2.05) is 12.3 Å². The molecule has 3 N–H and O–H groups in total. The third kappa shape index (κ3) is 2.78. The minimum absolute atomic E-state index is 0.0292. The molecule has 3 atom stereocenters. The number of carbonyl (C=O) groups is 1. The SMILES string of the molecule is N[C@H]1CCCCCNC(=O)C2C[C@@H]2c2ccnc1c2. The highest BCUT2D eigenvalue weighted by atomic mass is 16.2. The number of hydrogen-bond acceptors (Lipinski definition) is 3. The summed E-state index contributed by atoms with van der Waals surface area (Å²) in [6, 6.07) is 4.15. The third-order valence-corrected chi connectivity index (χ3v) is 4.23. The Bertz CT molecular complexity index is 474. The van der Waals surface area contributed by atoms with E-state index in [-0.39, 0.29) is 17.9 Å². The lowest BCUT2D eigenvalue weighted by Crippen LogP contribution is -2.26. The normalized spacial score (nSPS) is 31.2. The van der Waals surface area contributed by atoms with Crippen molar-refractivity contribution in [3.8, 4) is 0 Å². The number of pyridine rings is 1. The summed E-state index contributed by atoms with van der Waals surface area (Å²) in [7, 11) is 0. The molecule has 1 aliphatic carbocycles. The molecule has 2 bridgehead atoms. The van der Waals surface area contributed by atoms with Crippen molar-refractivity contribution in [3.63, 3.8) is 0 Å². The first-order valence-electron chi connectivity index (χ1n) is 7.25. The van der Waals surface area contributed by atoms with Gasteiger partial charge in [0.1, 0.15) is 0 Å². The Balaban J connectivity index is 1.82. The summed E-state index contributed by atoms with van der Waals surface area (Å²) >= 11 is 0. The zero-order valence-corrected chi connectivity index (χ0v) is 11.1. The van der Waals surface area contributed by atoms with Crippen LogP contribution in [-0.2, 0) is 4.79 Å². The van der Waals surface area contributed by atoms with Crippen LogP contribution < -0.4 is 11.1 Å². The fraction of sp³-hybridized carbons (Fsp3) is 0.600. The average Bonchev–Trinajstić information content (AvgIpc) is 3.22. The van der Waals surface area contributed by atoms with E-state index in [0.717, 1.165) is 44.3 Å². The van der Waals surface area contributed by atoms with Crippen LogP contribution >= 0.6 is 0 Å². The molecule has 3 rings (SSSR count). The first-order chi connectivity index (χ1) is 9.25. The maximum atomic E-state index is 12.0. The van der Waals surface area contributed by atoms with E-state index in [9.17, 15) is 4.79 Å². The van der Waals surface area contributed by atoms with Crippen LogP contribution in [0, 0.1) is 5.92 Å². The van der Waals surface area contributed by atoms with E-state index < -0.39 is 0 Å². The lowest BCUT2D eigenvalue weighted by atomic mass is 10.0. The van der Waals surface area contributed by atoms with Crippen molar-refractivity contribution >= 4 is 5.91 Å². The fourth-order valence-electron chi connectivity index (χ4n) is 2.91. The number of nitrogens with one attached hydrogen (secondary N) is 1. The molecule has 1 unspecified atom stereocenters. The zero-order chi connectivity index (χ0) is 13.2. The topological polar surface area (TPSA) is 68.0 Å². The first kappa shape index (κ1) is 12.6. The van der Waals surface area contributed by atoms with Gasteiger partial charge in [-0.15, -0.1) is 0 Å². The molecule has 19 heavy (non-hydrogen) atoms. The molecule has 0 radical (unpaired) electrons. The van der Waals surface area contributed by atoms with Gasteiger partial charge in [0, 0.05) is 24.7 Å². The Morgan fingerprint density at radius 3 is 3.05 bits per heavy atom. The fourth-order valence-corrected chi connectivity index (χ4v) is 2.91. The van der Waals surface area contributed by atoms with Gasteiger partial charge in [-0.2, -0.15) is 0 Å². The number of amides is 1. The molecule has 1 saturated carbocycles. The highest BCUT2D eigenvalue weighted by Crippen LogP contribution is 2.47. The van der Waals surface area contributed by atoms with Gasteiger partial charge in [0.2, 0.25) is 5.91 Å². The van der Waals surface area contributed by atoms with Gasteiger partial charge in [0.05, 0.1) is 5.69 Å². The summed E-state index contributed by atoms with van der Waals surface area (Å²) in [5.41, 5.74) is 8.40. The van der Waals surface area contributed by atoms with Crippen LogP contribution in [0.1, 0.15) is 55.3 Å². The molecular formula is C15H21N3O. The van der Waals surface area contributed by atoms with Crippen molar-refractivity contribution in [2.24, 2.45) is 11.7 Å². The van der Waals surface area contributed by atoms with Gasteiger partial charge >= 0.3 is 0 Å². The minimum Gasteiger partial charge on any atom is -0.356 e. The van der Waals surface area contributed by atoms with Crippen molar-refractivity contribution < 1.29 is 4.79 Å². The lowest BCUT2D eigenvalue weighted by molar-refractivity contribution is -0.122. The maximum absolute atomic E-state index is 12.0. The molecule has 0 saturated heterocycles. The molecule has 4 heteroatoms. The van der Waals surface area contributed by atoms with Crippen LogP contribution in [0.2, 0.25) is 0 Å². The second-order valence-corrected chi connectivity index (χ2v) is 5.71. The van der Waals surface area contributed by atoms with Gasteiger partial charge in [0.15, 0.2) is 0 Å². The number of nitrogens with two attached hydrogens (primary N) is 1. The summed E-state index contributed by atoms with van der Waals surface area (Å²) in [6.07, 6.45) is 7.01. The van der Waals surface area contributed by atoms with Gasteiger partial charge in [-0.1, -0.05) is 12.8 Å². The van der Waals surface area contributed by atoms with Crippen molar-refractivity contribution in [1.29, 1.82) is 0 Å². The van der Waals surface area contributed by atoms with Crippen LogP contribution in [0.4, 0.5) is 0 Å². The zero-order valence-electron chi connectivity index (χ0n) is 11.1. The molecule has 2 aliphatic rings. The summed E-state index contributed by atoms with van der Waals surface area (Å²) < 4.78 is 0. The lowest BCUT2D eigenvalue weighted by Gasteiger charge is -2.11. The Hall–Kier alpha value is -1.42. The van der Waals surface area contributed by atoms with Gasteiger partial charge < -0.3 is 11.1 Å². The first-order valence-corrected chi connectivity index (χ1v) is 7.25. The Labute approximate surface area is 113 Å². The van der Waals surface area contributed by atoms with E-state index >= 15 is 0 Å². The van der Waals surface area contributed by atoms with Gasteiger partial charge in [-0.3, -0.25) is 9.78 Å². The van der Waals surface area contributed by atoms with Crippen molar-refractivity contribution in [2.45, 2.75) is 44.1 Å². The van der Waals surface area contributed by atoms with Crippen LogP contribution in [0.5, 0.6) is 0 Å². The third-order valence-electron chi connectivity index (χ3n) is 4.23. The van der Waals surface area contributed by atoms with E-state index in [0.29, 0.717) is 5.92 Å². The van der Waals surface area contributed by atoms with Crippen LogP contribution in [0.25, 0.3) is 0 Å². The molecule has 1 aliphatic heterocycles. The standard InChI is InChI=1S/C15H21N3O/c16-13-4-2-1-3-6-18-15(19)12-9-11(12)10-5-7-17-14(13)8-10/h5,7-8,11-13H,1-4,6,9,16H2,(H,18,19)/t11-,12?,13+/m1/s1. The van der Waals surface area contributed by atoms with Gasteiger partial charge in [0.25, 0.3) is 0 Å². The predicted molar refractivity (Wildman–Crippen MR) is 73.5 cm³/mol. The number of nitrogens with zero attached hydrogens (tertiary/aromatic N) is 1. The number of aromatic nitrogens is 1. The summed E-state index contributed by atoms with van der Waals surface area (Å²) in [6.45, 7) is 0.799. The molecule has 4 nitrogen and oxygen atoms in total. The Morgan fingerprint density at radius 2 is 2.16 bits per heavy atom. The van der Waals surface area contributed by atoms with Crippen LogP contribution in [0.3, 0.4) is 0 Å². The van der Waals surface area contributed by atoms with Gasteiger partial charge in [-0.25, -0.2) is 0 Å². The highest BCUT2D eigenvalue weighted by molar-refractivity contribution is 5.82. The molecule has 1 amide bonds. The molecule has 1 aromatic rings. The number of fused-ring (bicyclic) bond motifs is 4. The minimum atomic E-state index is 0.0292. The predicted octanol–water partition coefficient (Wildman–Crippen LogP) is 1.88. The number of rotatable bonds is 0. The van der Waals surface area contributed by atoms with Gasteiger partial charge in [-0.05, 0) is 42.9 Å². The molecule has 2 heterocycles. The summed E-state index contributed by atoms with van der Waals surface area (Å²) in [4.78, 5) is 16.4. The maximum Gasteiger partial charge on any atom is 0.223 e. The average molecular weight is 259 g/mol. The quantitative estimate of drug-likeness (QED) is 0.747. The number of hydrogen-bond donors (Lipinski definition) is 2.